The zero-order chi connectivity index (χ0) is 8.55. The molecule has 0 spiro atoms. The van der Waals surface area contributed by atoms with E-state index in [1.54, 1.807) is 0 Å². The molecule has 0 aromatic carbocycles. The number of fused-ring (bicyclic) bond motifs is 1. The van der Waals surface area contributed by atoms with Crippen molar-refractivity contribution in [2.45, 2.75) is 6.42 Å². The molecule has 2 aliphatic rings. The zero-order valence-corrected chi connectivity index (χ0v) is 6.77. The van der Waals surface area contributed by atoms with Gasteiger partial charge in [-0.3, -0.25) is 4.79 Å². The van der Waals surface area contributed by atoms with Gasteiger partial charge in [-0.1, -0.05) is 12.2 Å². The SMILES string of the molecule is O=C1OCC2C(CO)C=CCC12. The molecule has 1 heterocycles. The van der Waals surface area contributed by atoms with Gasteiger partial charge < -0.3 is 9.84 Å². The standard InChI is InChI=1S/C9H12O3/c10-4-6-2-1-3-7-8(6)5-12-9(7)11/h1-2,6-8,10H,3-5H2. The van der Waals surface area contributed by atoms with E-state index >= 15 is 0 Å². The number of carbonyl (C=O) groups excluding carboxylic acids is 1. The fourth-order valence-electron chi connectivity index (χ4n) is 2.01. The molecule has 0 radical (unpaired) electrons. The number of ether oxygens (including phenoxy) is 1. The van der Waals surface area contributed by atoms with Crippen molar-refractivity contribution in [1.82, 2.24) is 0 Å². The second kappa shape index (κ2) is 2.90. The Morgan fingerprint density at radius 1 is 1.67 bits per heavy atom. The van der Waals surface area contributed by atoms with Crippen molar-refractivity contribution >= 4 is 5.97 Å². The van der Waals surface area contributed by atoms with Gasteiger partial charge in [0.2, 0.25) is 0 Å². The monoisotopic (exact) mass is 168 g/mol. The van der Waals surface area contributed by atoms with Gasteiger partial charge >= 0.3 is 5.97 Å². The summed E-state index contributed by atoms with van der Waals surface area (Å²) in [6.45, 7) is 0.605. The van der Waals surface area contributed by atoms with Crippen LogP contribution in [0.3, 0.4) is 0 Å². The van der Waals surface area contributed by atoms with Crippen LogP contribution >= 0.6 is 0 Å². The Morgan fingerprint density at radius 2 is 2.50 bits per heavy atom. The molecule has 3 heteroatoms. The van der Waals surface area contributed by atoms with Gasteiger partial charge in [0.25, 0.3) is 0 Å². The van der Waals surface area contributed by atoms with Crippen LogP contribution < -0.4 is 0 Å². The Bertz CT molecular complexity index is 222. The lowest BCUT2D eigenvalue weighted by atomic mass is 9.78. The molecule has 1 aliphatic carbocycles. The molecule has 1 aliphatic heterocycles. The predicted octanol–water partition coefficient (Wildman–Crippen LogP) is 0.344. The van der Waals surface area contributed by atoms with E-state index in [2.05, 4.69) is 0 Å². The molecular formula is C9H12O3. The third-order valence-corrected chi connectivity index (χ3v) is 2.77. The van der Waals surface area contributed by atoms with Crippen LogP contribution in [0.2, 0.25) is 0 Å². The average molecular weight is 168 g/mol. The third-order valence-electron chi connectivity index (χ3n) is 2.77. The van der Waals surface area contributed by atoms with Crippen LogP contribution in [0.15, 0.2) is 12.2 Å². The maximum absolute atomic E-state index is 11.1. The first-order chi connectivity index (χ1) is 5.83. The van der Waals surface area contributed by atoms with Crippen molar-refractivity contribution in [3.8, 4) is 0 Å². The lowest BCUT2D eigenvalue weighted by Crippen LogP contribution is -2.27. The van der Waals surface area contributed by atoms with Crippen LogP contribution in [0.1, 0.15) is 6.42 Å². The molecule has 1 saturated heterocycles. The van der Waals surface area contributed by atoms with E-state index in [0.717, 1.165) is 6.42 Å². The molecule has 66 valence electrons. The summed E-state index contributed by atoms with van der Waals surface area (Å²) in [5.41, 5.74) is 0. The van der Waals surface area contributed by atoms with Gasteiger partial charge in [0, 0.05) is 18.4 Å². The minimum atomic E-state index is -0.0946. The van der Waals surface area contributed by atoms with Crippen LogP contribution in [0, 0.1) is 17.8 Å². The van der Waals surface area contributed by atoms with Crippen molar-refractivity contribution < 1.29 is 14.6 Å². The van der Waals surface area contributed by atoms with Gasteiger partial charge in [0.15, 0.2) is 0 Å². The molecule has 0 amide bonds. The Balaban J connectivity index is 2.17. The molecule has 3 nitrogen and oxygen atoms in total. The number of hydrogen-bond acceptors (Lipinski definition) is 3. The summed E-state index contributed by atoms with van der Waals surface area (Å²) >= 11 is 0. The molecule has 12 heavy (non-hydrogen) atoms. The van der Waals surface area contributed by atoms with Gasteiger partial charge in [-0.05, 0) is 6.42 Å². The number of cyclic esters (lactones) is 1. The summed E-state index contributed by atoms with van der Waals surface area (Å²) in [7, 11) is 0. The Kier molecular flexibility index (Phi) is 1.89. The van der Waals surface area contributed by atoms with Crippen LogP contribution in [0.4, 0.5) is 0 Å². The fraction of sp³-hybridized carbons (Fsp3) is 0.667. The summed E-state index contributed by atoms with van der Waals surface area (Å²) in [6.07, 6.45) is 4.73. The molecule has 3 unspecified atom stereocenters. The third kappa shape index (κ3) is 1.05. The van der Waals surface area contributed by atoms with Crippen molar-refractivity contribution in [1.29, 1.82) is 0 Å². The van der Waals surface area contributed by atoms with Gasteiger partial charge in [0.05, 0.1) is 12.5 Å². The summed E-state index contributed by atoms with van der Waals surface area (Å²) < 4.78 is 4.94. The fourth-order valence-corrected chi connectivity index (χ4v) is 2.01. The molecule has 2 rings (SSSR count). The van der Waals surface area contributed by atoms with Gasteiger partial charge in [-0.15, -0.1) is 0 Å². The van der Waals surface area contributed by atoms with E-state index in [9.17, 15) is 4.79 Å². The van der Waals surface area contributed by atoms with Gasteiger partial charge in [0.1, 0.15) is 0 Å². The van der Waals surface area contributed by atoms with Gasteiger partial charge in [-0.2, -0.15) is 0 Å². The predicted molar refractivity (Wildman–Crippen MR) is 42.3 cm³/mol. The first-order valence-corrected chi connectivity index (χ1v) is 4.27. The summed E-state index contributed by atoms with van der Waals surface area (Å²) in [6, 6.07) is 0. The summed E-state index contributed by atoms with van der Waals surface area (Å²) in [5, 5.41) is 9.01. The Labute approximate surface area is 71.0 Å². The zero-order valence-electron chi connectivity index (χ0n) is 6.77. The number of esters is 1. The van der Waals surface area contributed by atoms with Gasteiger partial charge in [-0.25, -0.2) is 0 Å². The molecule has 0 aromatic heterocycles. The van der Waals surface area contributed by atoms with Crippen molar-refractivity contribution in [3.05, 3.63) is 12.2 Å². The Hall–Kier alpha value is -0.830. The summed E-state index contributed by atoms with van der Waals surface area (Å²) in [4.78, 5) is 11.1. The summed E-state index contributed by atoms with van der Waals surface area (Å²) in [5.74, 6) is 0.248. The maximum atomic E-state index is 11.1. The molecule has 0 aromatic rings. The average Bonchev–Trinajstić information content (AvgIpc) is 2.48. The lowest BCUT2D eigenvalue weighted by molar-refractivity contribution is -0.141. The van der Waals surface area contributed by atoms with E-state index < -0.39 is 0 Å². The normalized spacial score (nSPS) is 39.4. The number of rotatable bonds is 1. The minimum Gasteiger partial charge on any atom is -0.465 e. The number of aliphatic hydroxyl groups is 1. The van der Waals surface area contributed by atoms with E-state index in [1.807, 2.05) is 12.2 Å². The largest absolute Gasteiger partial charge is 0.465 e. The molecule has 0 saturated carbocycles. The van der Waals surface area contributed by atoms with Crippen LogP contribution in [-0.4, -0.2) is 24.3 Å². The second-order valence-electron chi connectivity index (χ2n) is 3.41. The number of hydrogen-bond donors (Lipinski definition) is 1. The highest BCUT2D eigenvalue weighted by atomic mass is 16.5. The van der Waals surface area contributed by atoms with E-state index in [0.29, 0.717) is 6.61 Å². The van der Waals surface area contributed by atoms with E-state index in [4.69, 9.17) is 9.84 Å². The number of carbonyl (C=O) groups is 1. The first-order valence-electron chi connectivity index (χ1n) is 4.27. The van der Waals surface area contributed by atoms with Crippen LogP contribution in [-0.2, 0) is 9.53 Å². The lowest BCUT2D eigenvalue weighted by Gasteiger charge is -2.24. The Morgan fingerprint density at radius 3 is 3.25 bits per heavy atom. The highest BCUT2D eigenvalue weighted by Gasteiger charge is 2.41. The highest BCUT2D eigenvalue weighted by molar-refractivity contribution is 5.75. The van der Waals surface area contributed by atoms with E-state index in [1.165, 1.54) is 0 Å². The quantitative estimate of drug-likeness (QED) is 0.453. The van der Waals surface area contributed by atoms with Crippen molar-refractivity contribution in [3.63, 3.8) is 0 Å². The van der Waals surface area contributed by atoms with Crippen molar-refractivity contribution in [2.24, 2.45) is 17.8 Å². The van der Waals surface area contributed by atoms with Crippen LogP contribution in [0.5, 0.6) is 0 Å². The minimum absolute atomic E-state index is 0.00662. The topological polar surface area (TPSA) is 46.5 Å². The molecule has 1 N–H and O–H groups in total. The molecular weight excluding hydrogens is 156 g/mol. The van der Waals surface area contributed by atoms with E-state index in [-0.39, 0.29) is 30.3 Å². The second-order valence-corrected chi connectivity index (χ2v) is 3.41. The first kappa shape index (κ1) is 7.80. The number of aliphatic hydroxyl groups excluding tert-OH is 1. The van der Waals surface area contributed by atoms with Crippen LogP contribution in [0.25, 0.3) is 0 Å². The maximum Gasteiger partial charge on any atom is 0.309 e. The highest BCUT2D eigenvalue weighted by Crippen LogP contribution is 2.35. The number of allylic oxidation sites excluding steroid dienone is 1. The molecule has 0 bridgehead atoms. The molecule has 3 atom stereocenters. The van der Waals surface area contributed by atoms with Crippen molar-refractivity contribution in [2.75, 3.05) is 13.2 Å². The smallest absolute Gasteiger partial charge is 0.309 e. The molecule has 1 fully saturated rings.